The lowest BCUT2D eigenvalue weighted by molar-refractivity contribution is -0.120. The van der Waals surface area contributed by atoms with Crippen molar-refractivity contribution in [2.75, 3.05) is 0 Å². The van der Waals surface area contributed by atoms with Crippen molar-refractivity contribution in [2.45, 2.75) is 6.42 Å². The van der Waals surface area contributed by atoms with Gasteiger partial charge in [-0.3, -0.25) is 4.79 Å². The molecule has 0 saturated heterocycles. The molecule has 0 radical (unpaired) electrons. The third kappa shape index (κ3) is 4.05. The minimum atomic E-state index is -0.135. The molecule has 0 aliphatic heterocycles. The van der Waals surface area contributed by atoms with E-state index in [4.69, 9.17) is 0 Å². The molecule has 23 heavy (non-hydrogen) atoms. The van der Waals surface area contributed by atoms with Crippen molar-refractivity contribution in [3.05, 3.63) is 82.3 Å². The Morgan fingerprint density at radius 3 is 2.57 bits per heavy atom. The fourth-order valence-corrected chi connectivity index (χ4v) is 2.63. The van der Waals surface area contributed by atoms with E-state index in [0.717, 1.165) is 26.4 Å². The summed E-state index contributed by atoms with van der Waals surface area (Å²) < 4.78 is 0.996. The van der Waals surface area contributed by atoms with Crippen molar-refractivity contribution in [3.63, 3.8) is 0 Å². The molecule has 0 fully saturated rings. The minimum Gasteiger partial charge on any atom is -0.273 e. The third-order valence-electron chi connectivity index (χ3n) is 3.49. The average molecular weight is 367 g/mol. The number of nitrogens with one attached hydrogen (secondary N) is 1. The van der Waals surface area contributed by atoms with Gasteiger partial charge in [-0.25, -0.2) is 5.43 Å². The zero-order valence-electron chi connectivity index (χ0n) is 12.4. The summed E-state index contributed by atoms with van der Waals surface area (Å²) >= 11 is 3.38. The quantitative estimate of drug-likeness (QED) is 0.542. The normalized spacial score (nSPS) is 11.0. The molecule has 114 valence electrons. The van der Waals surface area contributed by atoms with Gasteiger partial charge in [0.2, 0.25) is 5.91 Å². The second kappa shape index (κ2) is 7.20. The SMILES string of the molecule is O=C(Cc1ccc(Br)cc1)N/N=C\c1cccc2ccccc12. The molecule has 0 aromatic heterocycles. The summed E-state index contributed by atoms with van der Waals surface area (Å²) in [4.78, 5) is 11.9. The smallest absolute Gasteiger partial charge is 0.244 e. The van der Waals surface area contributed by atoms with Gasteiger partial charge < -0.3 is 0 Å². The van der Waals surface area contributed by atoms with Crippen molar-refractivity contribution in [3.8, 4) is 0 Å². The van der Waals surface area contributed by atoms with E-state index in [1.54, 1.807) is 6.21 Å². The average Bonchev–Trinajstić information content (AvgIpc) is 2.57. The Morgan fingerprint density at radius 1 is 1.00 bits per heavy atom. The van der Waals surface area contributed by atoms with Crippen LogP contribution in [0.15, 0.2) is 76.3 Å². The molecule has 0 spiro atoms. The number of carbonyl (C=O) groups is 1. The maximum absolute atomic E-state index is 11.9. The number of nitrogens with zero attached hydrogens (tertiary/aromatic N) is 1. The number of halogens is 1. The monoisotopic (exact) mass is 366 g/mol. The van der Waals surface area contributed by atoms with E-state index in [2.05, 4.69) is 38.6 Å². The highest BCUT2D eigenvalue weighted by atomic mass is 79.9. The molecule has 0 unspecified atom stereocenters. The fraction of sp³-hybridized carbons (Fsp3) is 0.0526. The van der Waals surface area contributed by atoms with E-state index in [1.165, 1.54) is 0 Å². The number of fused-ring (bicyclic) bond motifs is 1. The predicted molar refractivity (Wildman–Crippen MR) is 97.5 cm³/mol. The van der Waals surface area contributed by atoms with Crippen LogP contribution in [0.5, 0.6) is 0 Å². The third-order valence-corrected chi connectivity index (χ3v) is 4.02. The van der Waals surface area contributed by atoms with Gasteiger partial charge >= 0.3 is 0 Å². The summed E-state index contributed by atoms with van der Waals surface area (Å²) in [5.41, 5.74) is 4.51. The van der Waals surface area contributed by atoms with Crippen LogP contribution in [0, 0.1) is 0 Å². The topological polar surface area (TPSA) is 41.5 Å². The summed E-state index contributed by atoms with van der Waals surface area (Å²) in [6.07, 6.45) is 1.99. The van der Waals surface area contributed by atoms with Crippen LogP contribution in [0.2, 0.25) is 0 Å². The standard InChI is InChI=1S/C19H15BrN2O/c20-17-10-8-14(9-11-17)12-19(23)22-21-13-16-6-3-5-15-4-1-2-7-18(15)16/h1-11,13H,12H2,(H,22,23)/b21-13-. The molecular weight excluding hydrogens is 352 g/mol. The first kappa shape index (κ1) is 15.4. The number of rotatable bonds is 4. The van der Waals surface area contributed by atoms with E-state index in [-0.39, 0.29) is 5.91 Å². The molecule has 0 heterocycles. The summed E-state index contributed by atoms with van der Waals surface area (Å²) in [6, 6.07) is 21.8. The van der Waals surface area contributed by atoms with Crippen LogP contribution in [0.4, 0.5) is 0 Å². The lowest BCUT2D eigenvalue weighted by Crippen LogP contribution is -2.19. The van der Waals surface area contributed by atoms with Crippen molar-refractivity contribution in [1.29, 1.82) is 0 Å². The van der Waals surface area contributed by atoms with E-state index in [0.29, 0.717) is 6.42 Å². The summed E-state index contributed by atoms with van der Waals surface area (Å²) in [7, 11) is 0. The zero-order chi connectivity index (χ0) is 16.1. The van der Waals surface area contributed by atoms with Crippen LogP contribution >= 0.6 is 15.9 Å². The molecule has 1 N–H and O–H groups in total. The van der Waals surface area contributed by atoms with Crippen molar-refractivity contribution in [1.82, 2.24) is 5.43 Å². The highest BCUT2D eigenvalue weighted by molar-refractivity contribution is 9.10. The molecule has 3 aromatic carbocycles. The molecule has 3 nitrogen and oxygen atoms in total. The predicted octanol–water partition coefficient (Wildman–Crippen LogP) is 4.30. The number of amides is 1. The zero-order valence-corrected chi connectivity index (χ0v) is 14.0. The Bertz CT molecular complexity index is 851. The largest absolute Gasteiger partial charge is 0.273 e. The van der Waals surface area contributed by atoms with Gasteiger partial charge in [-0.2, -0.15) is 5.10 Å². The van der Waals surface area contributed by atoms with E-state index >= 15 is 0 Å². The Hall–Kier alpha value is -2.46. The van der Waals surface area contributed by atoms with E-state index < -0.39 is 0 Å². The van der Waals surface area contributed by atoms with Crippen molar-refractivity contribution in [2.24, 2.45) is 5.10 Å². The number of hydrogen-bond donors (Lipinski definition) is 1. The molecule has 1 amide bonds. The maximum atomic E-state index is 11.9. The van der Waals surface area contributed by atoms with Gasteiger partial charge in [-0.1, -0.05) is 70.5 Å². The molecule has 0 saturated carbocycles. The van der Waals surface area contributed by atoms with Crippen molar-refractivity contribution >= 4 is 38.8 Å². The van der Waals surface area contributed by atoms with Gasteiger partial charge in [0.15, 0.2) is 0 Å². The highest BCUT2D eigenvalue weighted by Gasteiger charge is 2.02. The first-order valence-electron chi connectivity index (χ1n) is 7.26. The van der Waals surface area contributed by atoms with Gasteiger partial charge in [0.1, 0.15) is 0 Å². The van der Waals surface area contributed by atoms with Crippen LogP contribution < -0.4 is 5.43 Å². The number of carbonyl (C=O) groups excluding carboxylic acids is 1. The Morgan fingerprint density at radius 2 is 1.74 bits per heavy atom. The van der Waals surface area contributed by atoms with Crippen LogP contribution in [-0.4, -0.2) is 12.1 Å². The lowest BCUT2D eigenvalue weighted by Gasteiger charge is -2.02. The molecule has 4 heteroatoms. The van der Waals surface area contributed by atoms with Gasteiger partial charge in [0, 0.05) is 10.0 Å². The van der Waals surface area contributed by atoms with Crippen molar-refractivity contribution < 1.29 is 4.79 Å². The summed E-state index contributed by atoms with van der Waals surface area (Å²) in [5, 5.41) is 6.33. The van der Waals surface area contributed by atoms with E-state index in [1.807, 2.05) is 54.6 Å². The molecule has 0 aliphatic rings. The molecular formula is C19H15BrN2O. The fourth-order valence-electron chi connectivity index (χ4n) is 2.36. The Labute approximate surface area is 143 Å². The molecule has 0 bridgehead atoms. The number of hydrogen-bond acceptors (Lipinski definition) is 2. The number of hydrazone groups is 1. The molecule has 0 atom stereocenters. The van der Waals surface area contributed by atoms with Gasteiger partial charge in [0.25, 0.3) is 0 Å². The summed E-state index contributed by atoms with van der Waals surface area (Å²) in [6.45, 7) is 0. The second-order valence-corrected chi connectivity index (χ2v) is 6.08. The van der Waals surface area contributed by atoms with Gasteiger partial charge in [0.05, 0.1) is 12.6 Å². The molecule has 3 rings (SSSR count). The summed E-state index contributed by atoms with van der Waals surface area (Å²) in [5.74, 6) is -0.135. The maximum Gasteiger partial charge on any atom is 0.244 e. The van der Waals surface area contributed by atoms with E-state index in [9.17, 15) is 4.79 Å². The van der Waals surface area contributed by atoms with Gasteiger partial charge in [-0.15, -0.1) is 0 Å². The number of benzene rings is 3. The Balaban J connectivity index is 1.66. The van der Waals surface area contributed by atoms with Gasteiger partial charge in [-0.05, 0) is 28.5 Å². The van der Waals surface area contributed by atoms with Crippen LogP contribution in [0.25, 0.3) is 10.8 Å². The Kier molecular flexibility index (Phi) is 4.83. The first-order chi connectivity index (χ1) is 11.2. The van der Waals surface area contributed by atoms with Crippen LogP contribution in [0.1, 0.15) is 11.1 Å². The minimum absolute atomic E-state index is 0.135. The second-order valence-electron chi connectivity index (χ2n) is 5.16. The lowest BCUT2D eigenvalue weighted by atomic mass is 10.1. The molecule has 3 aromatic rings. The van der Waals surface area contributed by atoms with Crippen LogP contribution in [0.3, 0.4) is 0 Å². The first-order valence-corrected chi connectivity index (χ1v) is 8.06. The highest BCUT2D eigenvalue weighted by Crippen LogP contribution is 2.16. The molecule has 0 aliphatic carbocycles. The van der Waals surface area contributed by atoms with Crippen LogP contribution in [-0.2, 0) is 11.2 Å².